The van der Waals surface area contributed by atoms with E-state index in [0.717, 1.165) is 35.2 Å². The third-order valence-electron chi connectivity index (χ3n) is 4.60. The summed E-state index contributed by atoms with van der Waals surface area (Å²) in [7, 11) is 1.63. The molecule has 7 heteroatoms. The molecule has 0 saturated carbocycles. The number of hydrogen-bond donors (Lipinski definition) is 1. The summed E-state index contributed by atoms with van der Waals surface area (Å²) in [6.45, 7) is 6.17. The predicted molar refractivity (Wildman–Crippen MR) is 107 cm³/mol. The number of amides is 1. The fourth-order valence-corrected chi connectivity index (χ4v) is 4.09. The van der Waals surface area contributed by atoms with Crippen LogP contribution in [0.3, 0.4) is 0 Å². The Labute approximate surface area is 164 Å². The summed E-state index contributed by atoms with van der Waals surface area (Å²) in [6.07, 6.45) is 3.51. The molecule has 1 saturated heterocycles. The summed E-state index contributed by atoms with van der Waals surface area (Å²) in [5.41, 5.74) is 0.810. The molecule has 27 heavy (non-hydrogen) atoms. The molecule has 0 spiro atoms. The van der Waals surface area contributed by atoms with E-state index in [1.165, 1.54) is 37.3 Å². The Hall–Kier alpha value is -2.12. The van der Waals surface area contributed by atoms with Crippen LogP contribution in [0.2, 0.25) is 0 Å². The number of thiazole rings is 1. The van der Waals surface area contributed by atoms with Gasteiger partial charge in [0.1, 0.15) is 23.0 Å². The third kappa shape index (κ3) is 5.68. The molecule has 1 aromatic heterocycles. The summed E-state index contributed by atoms with van der Waals surface area (Å²) in [5, 5.41) is 3.96. The van der Waals surface area contributed by atoms with E-state index in [2.05, 4.69) is 15.2 Å². The maximum Gasteiger partial charge on any atom is 0.263 e. The number of ether oxygens (including phenoxy) is 2. The number of nitrogens with one attached hydrogen (secondary N) is 1. The number of carbonyl (C=O) groups excluding carboxylic acids is 1. The minimum atomic E-state index is -0.0734. The van der Waals surface area contributed by atoms with Crippen LogP contribution in [0.25, 0.3) is 0 Å². The highest BCUT2D eigenvalue weighted by molar-refractivity contribution is 7.13. The molecule has 1 N–H and O–H groups in total. The van der Waals surface area contributed by atoms with Gasteiger partial charge in [0.05, 0.1) is 24.4 Å². The second-order valence-corrected chi connectivity index (χ2v) is 7.68. The van der Waals surface area contributed by atoms with Gasteiger partial charge in [-0.2, -0.15) is 0 Å². The number of carbonyl (C=O) groups is 1. The van der Waals surface area contributed by atoms with Gasteiger partial charge in [0.2, 0.25) is 0 Å². The first-order chi connectivity index (χ1) is 13.2. The predicted octanol–water partition coefficient (Wildman–Crippen LogP) is 2.91. The zero-order valence-corrected chi connectivity index (χ0v) is 16.8. The number of rotatable bonds is 9. The van der Waals surface area contributed by atoms with Crippen molar-refractivity contribution in [2.75, 3.05) is 39.9 Å². The normalized spacial score (nSPS) is 14.3. The standard InChI is InChI=1S/C20H27N3O3S/c1-15-19(27-18(22-15)9-13-23-11-3-4-12-23)20(24)21-10-14-26-17-7-5-16(25-2)6-8-17/h5-8H,3-4,9-14H2,1-2H3,(H,21,24). The largest absolute Gasteiger partial charge is 0.497 e. The lowest BCUT2D eigenvalue weighted by Gasteiger charge is -2.12. The lowest BCUT2D eigenvalue weighted by Crippen LogP contribution is -2.27. The lowest BCUT2D eigenvalue weighted by atomic mass is 10.3. The Balaban J connectivity index is 1.41. The van der Waals surface area contributed by atoms with Gasteiger partial charge in [0.15, 0.2) is 0 Å². The molecule has 0 aliphatic carbocycles. The van der Waals surface area contributed by atoms with Crippen molar-refractivity contribution in [2.24, 2.45) is 0 Å². The van der Waals surface area contributed by atoms with E-state index in [4.69, 9.17) is 9.47 Å². The summed E-state index contributed by atoms with van der Waals surface area (Å²) >= 11 is 1.50. The number of aromatic nitrogens is 1. The molecule has 2 heterocycles. The number of methoxy groups -OCH3 is 1. The topological polar surface area (TPSA) is 63.7 Å². The van der Waals surface area contributed by atoms with E-state index in [9.17, 15) is 4.79 Å². The highest BCUT2D eigenvalue weighted by atomic mass is 32.1. The smallest absolute Gasteiger partial charge is 0.263 e. The van der Waals surface area contributed by atoms with Crippen molar-refractivity contribution in [1.29, 1.82) is 0 Å². The molecule has 1 aromatic carbocycles. The summed E-state index contributed by atoms with van der Waals surface area (Å²) in [6, 6.07) is 7.39. The van der Waals surface area contributed by atoms with Crippen LogP contribution in [0.1, 0.15) is 33.2 Å². The Bertz CT molecular complexity index is 739. The quantitative estimate of drug-likeness (QED) is 0.668. The maximum atomic E-state index is 12.4. The van der Waals surface area contributed by atoms with Gasteiger partial charge in [0, 0.05) is 13.0 Å². The van der Waals surface area contributed by atoms with Crippen molar-refractivity contribution in [1.82, 2.24) is 15.2 Å². The molecule has 0 atom stereocenters. The Kier molecular flexibility index (Phi) is 7.06. The Morgan fingerprint density at radius 3 is 2.63 bits per heavy atom. The molecule has 1 amide bonds. The van der Waals surface area contributed by atoms with Crippen molar-refractivity contribution in [3.8, 4) is 11.5 Å². The number of benzene rings is 1. The first-order valence-corrected chi connectivity index (χ1v) is 10.2. The fraction of sp³-hybridized carbons (Fsp3) is 0.500. The van der Waals surface area contributed by atoms with Gasteiger partial charge in [-0.05, 0) is 57.1 Å². The number of nitrogens with zero attached hydrogens (tertiary/aromatic N) is 2. The van der Waals surface area contributed by atoms with Gasteiger partial charge in [-0.3, -0.25) is 4.79 Å². The van der Waals surface area contributed by atoms with Crippen LogP contribution in [0, 0.1) is 6.92 Å². The second-order valence-electron chi connectivity index (χ2n) is 6.60. The van der Waals surface area contributed by atoms with Crippen LogP contribution >= 0.6 is 11.3 Å². The van der Waals surface area contributed by atoms with Gasteiger partial charge >= 0.3 is 0 Å². The lowest BCUT2D eigenvalue weighted by molar-refractivity contribution is 0.0950. The SMILES string of the molecule is COc1ccc(OCCNC(=O)c2sc(CCN3CCCC3)nc2C)cc1. The van der Waals surface area contributed by atoms with Crippen LogP contribution in [0.15, 0.2) is 24.3 Å². The third-order valence-corrected chi connectivity index (χ3v) is 5.82. The van der Waals surface area contributed by atoms with Crippen LogP contribution in [-0.2, 0) is 6.42 Å². The summed E-state index contributed by atoms with van der Waals surface area (Å²) < 4.78 is 10.7. The highest BCUT2D eigenvalue weighted by Gasteiger charge is 2.17. The molecule has 0 radical (unpaired) electrons. The minimum absolute atomic E-state index is 0.0734. The maximum absolute atomic E-state index is 12.4. The zero-order chi connectivity index (χ0) is 19.1. The number of aryl methyl sites for hydroxylation is 1. The van der Waals surface area contributed by atoms with E-state index in [1.54, 1.807) is 7.11 Å². The van der Waals surface area contributed by atoms with Crippen LogP contribution in [-0.4, -0.2) is 55.7 Å². The van der Waals surface area contributed by atoms with Crippen molar-refractivity contribution in [2.45, 2.75) is 26.2 Å². The monoisotopic (exact) mass is 389 g/mol. The average Bonchev–Trinajstić information content (AvgIpc) is 3.33. The second kappa shape index (κ2) is 9.71. The van der Waals surface area contributed by atoms with Crippen LogP contribution < -0.4 is 14.8 Å². The Morgan fingerprint density at radius 2 is 1.93 bits per heavy atom. The molecular weight excluding hydrogens is 362 g/mol. The van der Waals surface area contributed by atoms with Gasteiger partial charge in [-0.1, -0.05) is 0 Å². The van der Waals surface area contributed by atoms with Gasteiger partial charge in [-0.25, -0.2) is 4.98 Å². The average molecular weight is 390 g/mol. The molecule has 0 bridgehead atoms. The van der Waals surface area contributed by atoms with E-state index in [0.29, 0.717) is 18.0 Å². The van der Waals surface area contributed by atoms with Crippen molar-refractivity contribution in [3.05, 3.63) is 39.8 Å². The van der Waals surface area contributed by atoms with Crippen molar-refractivity contribution >= 4 is 17.2 Å². The molecule has 0 unspecified atom stereocenters. The van der Waals surface area contributed by atoms with Crippen LogP contribution in [0.4, 0.5) is 0 Å². The number of likely N-dealkylation sites (tertiary alicyclic amines) is 1. The van der Waals surface area contributed by atoms with Crippen molar-refractivity contribution < 1.29 is 14.3 Å². The van der Waals surface area contributed by atoms with E-state index >= 15 is 0 Å². The van der Waals surface area contributed by atoms with E-state index in [-0.39, 0.29) is 5.91 Å². The molecule has 1 aliphatic heterocycles. The zero-order valence-electron chi connectivity index (χ0n) is 16.0. The first kappa shape index (κ1) is 19.6. The highest BCUT2D eigenvalue weighted by Crippen LogP contribution is 2.20. The molecular formula is C20H27N3O3S. The minimum Gasteiger partial charge on any atom is -0.497 e. The molecule has 1 fully saturated rings. The molecule has 146 valence electrons. The molecule has 3 rings (SSSR count). The van der Waals surface area contributed by atoms with E-state index in [1.807, 2.05) is 31.2 Å². The van der Waals surface area contributed by atoms with Crippen LogP contribution in [0.5, 0.6) is 11.5 Å². The Morgan fingerprint density at radius 1 is 1.22 bits per heavy atom. The van der Waals surface area contributed by atoms with Gasteiger partial charge in [0.25, 0.3) is 5.91 Å². The van der Waals surface area contributed by atoms with E-state index < -0.39 is 0 Å². The first-order valence-electron chi connectivity index (χ1n) is 9.39. The van der Waals surface area contributed by atoms with Gasteiger partial charge in [-0.15, -0.1) is 11.3 Å². The summed E-state index contributed by atoms with van der Waals surface area (Å²) in [5.74, 6) is 1.47. The summed E-state index contributed by atoms with van der Waals surface area (Å²) in [4.78, 5) is 20.2. The van der Waals surface area contributed by atoms with Crippen molar-refractivity contribution in [3.63, 3.8) is 0 Å². The fourth-order valence-electron chi connectivity index (χ4n) is 3.12. The molecule has 6 nitrogen and oxygen atoms in total. The molecule has 2 aromatic rings. The van der Waals surface area contributed by atoms with Gasteiger partial charge < -0.3 is 19.7 Å². The molecule has 1 aliphatic rings. The number of hydrogen-bond acceptors (Lipinski definition) is 6.